The summed E-state index contributed by atoms with van der Waals surface area (Å²) in [6, 6.07) is 33.9. The molecule has 14 heteroatoms. The number of alkyl carbamates (subject to hydrolysis) is 2. The second kappa shape index (κ2) is 23.6. The highest BCUT2D eigenvalue weighted by molar-refractivity contribution is 5.85. The minimum absolute atomic E-state index is 0.239. The van der Waals surface area contributed by atoms with Gasteiger partial charge in [-0.05, 0) is 85.8 Å². The number of nitrogens with one attached hydrogen (secondary N) is 5. The lowest BCUT2D eigenvalue weighted by Gasteiger charge is -2.18. The van der Waals surface area contributed by atoms with Gasteiger partial charge < -0.3 is 40.2 Å². The number of aromatic nitrogens is 4. The number of nitrogens with zero attached hydrogens (tertiary/aromatic N) is 3. The molecule has 2 aromatic heterocycles. The number of benzene rings is 4. The van der Waals surface area contributed by atoms with Crippen LogP contribution in [0.5, 0.6) is 0 Å². The van der Waals surface area contributed by atoms with Crippen molar-refractivity contribution in [3.05, 3.63) is 155 Å². The molecular formula is C50H54N8O6. The Kier molecular flexibility index (Phi) is 17.0. The number of methoxy groups -OCH3 is 2. The third kappa shape index (κ3) is 13.5. The van der Waals surface area contributed by atoms with Crippen molar-refractivity contribution in [3.8, 4) is 34.4 Å². The van der Waals surface area contributed by atoms with Crippen molar-refractivity contribution in [1.29, 1.82) is 0 Å². The van der Waals surface area contributed by atoms with Crippen LogP contribution < -0.4 is 16.0 Å². The van der Waals surface area contributed by atoms with E-state index < -0.39 is 24.3 Å². The van der Waals surface area contributed by atoms with Crippen molar-refractivity contribution in [3.63, 3.8) is 0 Å². The normalized spacial score (nSPS) is 14.1. The van der Waals surface area contributed by atoms with E-state index in [-0.39, 0.29) is 5.91 Å². The number of hydrogen-bond acceptors (Lipinski definition) is 9. The monoisotopic (exact) mass is 862 g/mol. The van der Waals surface area contributed by atoms with Crippen molar-refractivity contribution in [2.24, 2.45) is 0 Å². The number of carbonyl (C=O) groups is 4. The molecule has 0 saturated carbocycles. The summed E-state index contributed by atoms with van der Waals surface area (Å²) < 4.78 is 9.10. The van der Waals surface area contributed by atoms with Crippen molar-refractivity contribution < 1.29 is 28.7 Å². The fourth-order valence-corrected chi connectivity index (χ4v) is 7.21. The smallest absolute Gasteiger partial charge is 0.407 e. The number of aromatic amines is 2. The van der Waals surface area contributed by atoms with Crippen LogP contribution in [0.15, 0.2) is 122 Å². The van der Waals surface area contributed by atoms with E-state index >= 15 is 0 Å². The number of imidazole rings is 2. The third-order valence-electron chi connectivity index (χ3n) is 10.8. The molecule has 14 nitrogen and oxygen atoms in total. The quantitative estimate of drug-likeness (QED) is 0.0401. The fourth-order valence-electron chi connectivity index (χ4n) is 7.21. The van der Waals surface area contributed by atoms with Gasteiger partial charge >= 0.3 is 12.2 Å². The summed E-state index contributed by atoms with van der Waals surface area (Å²) in [4.78, 5) is 64.7. The van der Waals surface area contributed by atoms with Crippen LogP contribution >= 0.6 is 0 Å². The summed E-state index contributed by atoms with van der Waals surface area (Å²) in [6.45, 7) is 1.61. The molecule has 1 saturated heterocycles. The lowest BCUT2D eigenvalue weighted by atomic mass is 10.1. The Hall–Kier alpha value is -7.50. The number of ether oxygens (including phenoxy) is 2. The molecule has 6 aromatic rings. The van der Waals surface area contributed by atoms with Gasteiger partial charge in [-0.3, -0.25) is 9.69 Å². The molecule has 2 unspecified atom stereocenters. The maximum atomic E-state index is 12.8. The molecule has 64 heavy (non-hydrogen) atoms. The Morgan fingerprint density at radius 1 is 0.781 bits per heavy atom. The van der Waals surface area contributed by atoms with Gasteiger partial charge in [-0.2, -0.15) is 0 Å². The van der Waals surface area contributed by atoms with Crippen LogP contribution in [-0.2, 0) is 31.9 Å². The maximum Gasteiger partial charge on any atom is 0.407 e. The van der Waals surface area contributed by atoms with Gasteiger partial charge in [0, 0.05) is 30.5 Å². The topological polar surface area (TPSA) is 183 Å². The fraction of sp³-hybridized carbons (Fsp3) is 0.280. The first-order valence-electron chi connectivity index (χ1n) is 21.3. The van der Waals surface area contributed by atoms with Crippen LogP contribution in [0.3, 0.4) is 0 Å². The SMILES string of the molecule is COC(=O)NC(Cc1ccccc1)C(=O)NCCCCc1ncc(-c2ccc(C#Cc3ccc(-c4cnc(C5CCCN5C)[nH]4)cc3)cc2)[nH]1.COC(=O)N[C@@H](C=O)c1ccccc1. The van der Waals surface area contributed by atoms with Crippen LogP contribution in [0.4, 0.5) is 9.59 Å². The van der Waals surface area contributed by atoms with Gasteiger partial charge in [-0.15, -0.1) is 0 Å². The third-order valence-corrected chi connectivity index (χ3v) is 10.8. The standard InChI is InChI=1S/C40H43N7O3.C10H11NO3/c1-47-24-8-11-36(47)38-43-27-35(45-38)32-21-17-29(18-22-32)14-13-28-15-19-31(20-16-28)34-26-42-37(44-34)12-6-7-23-41-39(48)33(46-40(49)50-2)25-30-9-4-3-5-10-30;1-14-10(13)11-9(7-12)8-5-3-2-4-6-8/h3-5,9-10,15-22,26-27,33,36H,6-8,11-12,23-25H2,1-2H3,(H,41,48)(H,42,44)(H,43,45)(H,46,49);2-7,9H,1H3,(H,11,13)/t;9-/m.0/s1. The molecule has 1 fully saturated rings. The molecule has 1 aliphatic heterocycles. The van der Waals surface area contributed by atoms with Gasteiger partial charge in [0.15, 0.2) is 0 Å². The summed E-state index contributed by atoms with van der Waals surface area (Å²) in [7, 11) is 4.69. The number of amides is 3. The minimum atomic E-state index is -0.716. The van der Waals surface area contributed by atoms with Crippen LogP contribution in [0.25, 0.3) is 22.5 Å². The molecule has 3 atom stereocenters. The zero-order chi connectivity index (χ0) is 45.1. The number of aryl methyl sites for hydroxylation is 1. The number of unbranched alkanes of at least 4 members (excludes halogenated alkanes) is 1. The van der Waals surface area contributed by atoms with Gasteiger partial charge in [-0.1, -0.05) is 96.8 Å². The Labute approximate surface area is 373 Å². The molecule has 0 radical (unpaired) electrons. The average Bonchev–Trinajstić information content (AvgIpc) is 4.13. The molecular weight excluding hydrogens is 809 g/mol. The van der Waals surface area contributed by atoms with E-state index in [1.807, 2.05) is 85.2 Å². The molecule has 0 aliphatic carbocycles. The summed E-state index contributed by atoms with van der Waals surface area (Å²) in [5, 5.41) is 7.98. The molecule has 0 spiro atoms. The van der Waals surface area contributed by atoms with E-state index in [1.54, 1.807) is 24.3 Å². The first-order valence-corrected chi connectivity index (χ1v) is 21.3. The largest absolute Gasteiger partial charge is 0.453 e. The van der Waals surface area contributed by atoms with Crippen molar-refractivity contribution in [2.45, 2.75) is 56.7 Å². The van der Waals surface area contributed by atoms with Crippen molar-refractivity contribution in [2.75, 3.05) is 34.4 Å². The van der Waals surface area contributed by atoms with Gasteiger partial charge in [0.05, 0.1) is 44.0 Å². The second-order valence-corrected chi connectivity index (χ2v) is 15.3. The lowest BCUT2D eigenvalue weighted by Crippen LogP contribution is -2.48. The van der Waals surface area contributed by atoms with E-state index in [0.29, 0.717) is 25.3 Å². The Morgan fingerprint density at radius 3 is 1.97 bits per heavy atom. The number of aldehydes is 1. The number of hydrogen-bond donors (Lipinski definition) is 5. The highest BCUT2D eigenvalue weighted by atomic mass is 16.5. The number of H-pyrrole nitrogens is 2. The van der Waals surface area contributed by atoms with E-state index in [2.05, 4.69) is 76.5 Å². The molecule has 1 aliphatic rings. The van der Waals surface area contributed by atoms with Crippen LogP contribution in [0.1, 0.15) is 71.7 Å². The van der Waals surface area contributed by atoms with E-state index in [0.717, 1.165) is 88.6 Å². The summed E-state index contributed by atoms with van der Waals surface area (Å²) in [6.07, 6.45) is 8.28. The van der Waals surface area contributed by atoms with E-state index in [9.17, 15) is 19.2 Å². The summed E-state index contributed by atoms with van der Waals surface area (Å²) in [5.74, 6) is 8.24. The molecule has 7 rings (SSSR count). The molecule has 3 heterocycles. The van der Waals surface area contributed by atoms with Crippen molar-refractivity contribution in [1.82, 2.24) is 40.8 Å². The zero-order valence-corrected chi connectivity index (χ0v) is 36.3. The first kappa shape index (κ1) is 46.0. The second-order valence-electron chi connectivity index (χ2n) is 15.3. The molecule has 0 bridgehead atoms. The molecule has 5 N–H and O–H groups in total. The predicted octanol–water partition coefficient (Wildman–Crippen LogP) is 7.32. The van der Waals surface area contributed by atoms with Crippen LogP contribution in [-0.4, -0.2) is 89.6 Å². The number of carbonyl (C=O) groups excluding carboxylic acids is 4. The average molecular weight is 863 g/mol. The zero-order valence-electron chi connectivity index (χ0n) is 36.3. The highest BCUT2D eigenvalue weighted by Gasteiger charge is 2.25. The van der Waals surface area contributed by atoms with Gasteiger partial charge in [0.2, 0.25) is 5.91 Å². The summed E-state index contributed by atoms with van der Waals surface area (Å²) >= 11 is 0. The lowest BCUT2D eigenvalue weighted by molar-refractivity contribution is -0.123. The minimum Gasteiger partial charge on any atom is -0.453 e. The molecule has 4 aromatic carbocycles. The predicted molar refractivity (Wildman–Crippen MR) is 245 cm³/mol. The van der Waals surface area contributed by atoms with E-state index in [4.69, 9.17) is 4.74 Å². The van der Waals surface area contributed by atoms with Gasteiger partial charge in [0.25, 0.3) is 0 Å². The Morgan fingerprint density at radius 2 is 1.38 bits per heavy atom. The van der Waals surface area contributed by atoms with Crippen LogP contribution in [0.2, 0.25) is 0 Å². The number of likely N-dealkylation sites (tertiary alicyclic amines) is 1. The van der Waals surface area contributed by atoms with Gasteiger partial charge in [-0.25, -0.2) is 19.6 Å². The first-order chi connectivity index (χ1) is 31.2. The number of rotatable bonds is 15. The highest BCUT2D eigenvalue weighted by Crippen LogP contribution is 2.30. The Bertz CT molecular complexity index is 2480. The van der Waals surface area contributed by atoms with Crippen LogP contribution in [0, 0.1) is 11.8 Å². The Balaban J connectivity index is 0.000000415. The molecule has 3 amide bonds. The van der Waals surface area contributed by atoms with Gasteiger partial charge in [0.1, 0.15) is 30.0 Å². The van der Waals surface area contributed by atoms with Crippen molar-refractivity contribution >= 4 is 24.4 Å². The van der Waals surface area contributed by atoms with E-state index in [1.165, 1.54) is 20.6 Å². The molecule has 330 valence electrons. The summed E-state index contributed by atoms with van der Waals surface area (Å²) in [5.41, 5.74) is 7.69. The maximum absolute atomic E-state index is 12.8.